The van der Waals surface area contributed by atoms with Gasteiger partial charge in [0.1, 0.15) is 0 Å². The SMILES string of the molecule is COCCN(C(=O)NCCN1CCCCC1)C(=O)[C@@H]1C[C@@H]2CC3(CC[C@H]2N(C)C1)OCCO3. The molecule has 0 aromatic carbocycles. The van der Waals surface area contributed by atoms with Crippen molar-refractivity contribution < 1.29 is 23.8 Å². The quantitative estimate of drug-likeness (QED) is 0.609. The number of carbonyl (C=O) groups excluding carboxylic acids is 2. The van der Waals surface area contributed by atoms with Crippen molar-refractivity contribution in [2.75, 3.05) is 73.2 Å². The van der Waals surface area contributed by atoms with Crippen LogP contribution in [0.1, 0.15) is 44.9 Å². The zero-order valence-electron chi connectivity index (χ0n) is 20.4. The van der Waals surface area contributed by atoms with Gasteiger partial charge in [-0.25, -0.2) is 4.79 Å². The second kappa shape index (κ2) is 11.4. The highest BCUT2D eigenvalue weighted by atomic mass is 16.7. The molecule has 3 aliphatic heterocycles. The van der Waals surface area contributed by atoms with E-state index in [-0.39, 0.29) is 24.4 Å². The number of nitrogens with one attached hydrogen (secondary N) is 1. The van der Waals surface area contributed by atoms with Crippen LogP contribution in [0.5, 0.6) is 0 Å². The fourth-order valence-electron chi connectivity index (χ4n) is 6.24. The van der Waals surface area contributed by atoms with Crippen molar-refractivity contribution in [1.82, 2.24) is 20.0 Å². The first-order valence-corrected chi connectivity index (χ1v) is 12.8. The van der Waals surface area contributed by atoms with Crippen molar-refractivity contribution in [2.24, 2.45) is 11.8 Å². The van der Waals surface area contributed by atoms with Crippen molar-refractivity contribution in [3.63, 3.8) is 0 Å². The first-order valence-electron chi connectivity index (χ1n) is 12.8. The predicted octanol–water partition coefficient (Wildman–Crippen LogP) is 1.52. The van der Waals surface area contributed by atoms with Crippen molar-refractivity contribution in [3.8, 4) is 0 Å². The van der Waals surface area contributed by atoms with E-state index in [1.54, 1.807) is 7.11 Å². The molecule has 3 heterocycles. The maximum Gasteiger partial charge on any atom is 0.324 e. The minimum absolute atomic E-state index is 0.0966. The van der Waals surface area contributed by atoms with Crippen LogP contribution in [0, 0.1) is 11.8 Å². The van der Waals surface area contributed by atoms with Crippen LogP contribution in [0.3, 0.4) is 0 Å². The molecule has 4 aliphatic rings. The van der Waals surface area contributed by atoms with Crippen LogP contribution in [0.2, 0.25) is 0 Å². The highest BCUT2D eigenvalue weighted by Gasteiger charge is 2.49. The molecule has 0 unspecified atom stereocenters. The van der Waals surface area contributed by atoms with Crippen LogP contribution in [0.4, 0.5) is 4.79 Å². The Labute approximate surface area is 198 Å². The number of amides is 3. The van der Waals surface area contributed by atoms with E-state index < -0.39 is 5.79 Å². The summed E-state index contributed by atoms with van der Waals surface area (Å²) in [6, 6.07) is 0.139. The zero-order chi connectivity index (χ0) is 23.3. The molecule has 1 saturated carbocycles. The van der Waals surface area contributed by atoms with E-state index in [1.807, 2.05) is 0 Å². The number of methoxy groups -OCH3 is 1. The Bertz CT molecular complexity index is 665. The summed E-state index contributed by atoms with van der Waals surface area (Å²) < 4.78 is 17.2. The average molecular weight is 467 g/mol. The van der Waals surface area contributed by atoms with E-state index in [2.05, 4.69) is 22.2 Å². The number of nitrogens with zero attached hydrogens (tertiary/aromatic N) is 3. The average Bonchev–Trinajstić information content (AvgIpc) is 3.27. The molecule has 33 heavy (non-hydrogen) atoms. The van der Waals surface area contributed by atoms with Gasteiger partial charge in [-0.3, -0.25) is 9.69 Å². The molecule has 0 aromatic heterocycles. The molecule has 1 N–H and O–H groups in total. The molecule has 188 valence electrons. The second-order valence-corrected chi connectivity index (χ2v) is 10.2. The van der Waals surface area contributed by atoms with Gasteiger partial charge in [0.05, 0.1) is 32.3 Å². The van der Waals surface area contributed by atoms with Crippen LogP contribution < -0.4 is 5.32 Å². The summed E-state index contributed by atoms with van der Waals surface area (Å²) >= 11 is 0. The van der Waals surface area contributed by atoms with E-state index >= 15 is 0 Å². The first kappa shape index (κ1) is 24.9. The zero-order valence-corrected chi connectivity index (χ0v) is 20.4. The molecular formula is C24H42N4O5. The van der Waals surface area contributed by atoms with Crippen LogP contribution >= 0.6 is 0 Å². The number of ether oxygens (including phenoxy) is 3. The second-order valence-electron chi connectivity index (χ2n) is 10.2. The summed E-state index contributed by atoms with van der Waals surface area (Å²) in [7, 11) is 3.70. The molecule has 0 bridgehead atoms. The summed E-state index contributed by atoms with van der Waals surface area (Å²) in [5.41, 5.74) is 0. The van der Waals surface area contributed by atoms with E-state index in [9.17, 15) is 9.59 Å². The third-order valence-electron chi connectivity index (χ3n) is 7.95. The minimum Gasteiger partial charge on any atom is -0.383 e. The number of likely N-dealkylation sites (tertiary alicyclic amines) is 2. The van der Waals surface area contributed by atoms with E-state index in [4.69, 9.17) is 14.2 Å². The summed E-state index contributed by atoms with van der Waals surface area (Å²) in [6.45, 7) is 6.16. The van der Waals surface area contributed by atoms with Gasteiger partial charge in [-0.2, -0.15) is 0 Å². The molecule has 1 aliphatic carbocycles. The van der Waals surface area contributed by atoms with Gasteiger partial charge in [-0.05, 0) is 51.7 Å². The summed E-state index contributed by atoms with van der Waals surface area (Å²) in [5, 5.41) is 2.98. The van der Waals surface area contributed by atoms with Crippen molar-refractivity contribution in [2.45, 2.75) is 56.8 Å². The molecule has 3 saturated heterocycles. The number of hydrogen-bond donors (Lipinski definition) is 1. The number of carbonyl (C=O) groups is 2. The predicted molar refractivity (Wildman–Crippen MR) is 124 cm³/mol. The van der Waals surface area contributed by atoms with Gasteiger partial charge in [-0.1, -0.05) is 6.42 Å². The van der Waals surface area contributed by atoms with Gasteiger partial charge in [0, 0.05) is 45.6 Å². The van der Waals surface area contributed by atoms with Crippen LogP contribution in [0.15, 0.2) is 0 Å². The number of fused-ring (bicyclic) bond motifs is 1. The monoisotopic (exact) mass is 466 g/mol. The number of urea groups is 1. The Morgan fingerprint density at radius 2 is 1.94 bits per heavy atom. The highest BCUT2D eigenvalue weighted by Crippen LogP contribution is 2.45. The third-order valence-corrected chi connectivity index (χ3v) is 7.95. The summed E-state index contributed by atoms with van der Waals surface area (Å²) in [6.07, 6.45) is 7.27. The standard InChI is InChI=1S/C24H42N4O5/c1-26-18-20(16-19-17-24(7-6-21(19)26)32-14-15-33-24)22(29)28(12-13-31-2)23(30)25-8-11-27-9-4-3-5-10-27/h19-21H,3-18H2,1-2H3,(H,25,30)/t19-,20-,21-/m1/s1. The normalized spacial score (nSPS) is 30.2. The topological polar surface area (TPSA) is 83.6 Å². The van der Waals surface area contributed by atoms with Crippen molar-refractivity contribution in [3.05, 3.63) is 0 Å². The number of imide groups is 1. The lowest BCUT2D eigenvalue weighted by Gasteiger charge is -2.49. The Morgan fingerprint density at radius 1 is 1.18 bits per heavy atom. The van der Waals surface area contributed by atoms with Gasteiger partial charge in [0.2, 0.25) is 5.91 Å². The molecule has 3 amide bonds. The molecule has 9 nitrogen and oxygen atoms in total. The van der Waals surface area contributed by atoms with Crippen molar-refractivity contribution in [1.29, 1.82) is 0 Å². The molecule has 9 heteroatoms. The fraction of sp³-hybridized carbons (Fsp3) is 0.917. The Hall–Kier alpha value is -1.26. The van der Waals surface area contributed by atoms with Crippen LogP contribution in [-0.4, -0.2) is 112 Å². The maximum atomic E-state index is 13.6. The highest BCUT2D eigenvalue weighted by molar-refractivity contribution is 5.95. The van der Waals surface area contributed by atoms with Gasteiger partial charge in [0.25, 0.3) is 0 Å². The Morgan fingerprint density at radius 3 is 2.67 bits per heavy atom. The minimum atomic E-state index is -0.464. The fourth-order valence-corrected chi connectivity index (χ4v) is 6.24. The third kappa shape index (κ3) is 6.06. The number of hydrogen-bond acceptors (Lipinski definition) is 7. The van der Waals surface area contributed by atoms with Gasteiger partial charge >= 0.3 is 6.03 Å². The lowest BCUT2D eigenvalue weighted by atomic mass is 9.72. The molecule has 3 atom stereocenters. The van der Waals surface area contributed by atoms with E-state index in [0.717, 1.165) is 45.3 Å². The molecule has 4 rings (SSSR count). The van der Waals surface area contributed by atoms with Gasteiger partial charge in [0.15, 0.2) is 5.79 Å². The molecule has 4 fully saturated rings. The largest absolute Gasteiger partial charge is 0.383 e. The lowest BCUT2D eigenvalue weighted by molar-refractivity contribution is -0.202. The summed E-state index contributed by atoms with van der Waals surface area (Å²) in [5.74, 6) is -0.441. The van der Waals surface area contributed by atoms with Crippen molar-refractivity contribution >= 4 is 11.9 Å². The first-order chi connectivity index (χ1) is 16.0. The van der Waals surface area contributed by atoms with Crippen LogP contribution in [-0.2, 0) is 19.0 Å². The maximum absolute atomic E-state index is 13.6. The summed E-state index contributed by atoms with van der Waals surface area (Å²) in [4.78, 5) is 32.6. The molecular weight excluding hydrogens is 424 g/mol. The molecule has 0 radical (unpaired) electrons. The molecule has 0 aromatic rings. The Kier molecular flexibility index (Phi) is 8.62. The molecule has 1 spiro atoms. The van der Waals surface area contributed by atoms with Gasteiger partial charge in [-0.15, -0.1) is 0 Å². The van der Waals surface area contributed by atoms with E-state index in [1.165, 1.54) is 24.2 Å². The van der Waals surface area contributed by atoms with Crippen LogP contribution in [0.25, 0.3) is 0 Å². The Balaban J connectivity index is 1.35. The van der Waals surface area contributed by atoms with Gasteiger partial charge < -0.3 is 29.3 Å². The van der Waals surface area contributed by atoms with E-state index in [0.29, 0.717) is 44.9 Å². The number of rotatable bonds is 7. The smallest absolute Gasteiger partial charge is 0.324 e. The lowest BCUT2D eigenvalue weighted by Crippen LogP contribution is -2.57. The number of piperidine rings is 2.